The maximum atomic E-state index is 12.1. The number of carboxylic acids is 1. The highest BCUT2D eigenvalue weighted by Crippen LogP contribution is 2.21. The van der Waals surface area contributed by atoms with Crippen molar-refractivity contribution in [3.05, 3.63) is 51.2 Å². The molecule has 1 amide bonds. The molecule has 0 unspecified atom stereocenters. The van der Waals surface area contributed by atoms with Crippen molar-refractivity contribution in [3.63, 3.8) is 0 Å². The molecule has 0 radical (unpaired) electrons. The van der Waals surface area contributed by atoms with Crippen molar-refractivity contribution in [2.75, 3.05) is 0 Å². The van der Waals surface area contributed by atoms with Crippen LogP contribution in [0.1, 0.15) is 39.5 Å². The normalized spacial score (nSPS) is 12.6. The third kappa shape index (κ3) is 4.67. The Morgan fingerprint density at radius 3 is 2.52 bits per heavy atom. The van der Waals surface area contributed by atoms with Crippen LogP contribution < -0.4 is 15.3 Å². The number of benzene rings is 1. The van der Waals surface area contributed by atoms with Crippen LogP contribution in [0, 0.1) is 13.8 Å². The maximum absolute atomic E-state index is 12.1. The first-order valence-corrected chi connectivity index (χ1v) is 8.49. The van der Waals surface area contributed by atoms with Crippen molar-refractivity contribution < 1.29 is 19.4 Å². The highest BCUT2D eigenvalue weighted by Gasteiger charge is 2.16. The van der Waals surface area contributed by atoms with Gasteiger partial charge in [0.2, 0.25) is 0 Å². The number of rotatable bonds is 6. The van der Waals surface area contributed by atoms with E-state index >= 15 is 0 Å². The molecule has 0 saturated carbocycles. The second-order valence-corrected chi connectivity index (χ2v) is 6.67. The Morgan fingerprint density at radius 1 is 1.20 bits per heavy atom. The lowest BCUT2D eigenvalue weighted by Crippen LogP contribution is -2.34. The van der Waals surface area contributed by atoms with Gasteiger partial charge in [0.15, 0.2) is 6.10 Å². The Kier molecular flexibility index (Phi) is 5.93. The third-order valence-corrected chi connectivity index (χ3v) is 4.90. The number of hydrogen-bond acceptors (Lipinski definition) is 6. The van der Waals surface area contributed by atoms with Crippen LogP contribution in [0.5, 0.6) is 5.75 Å². The summed E-state index contributed by atoms with van der Waals surface area (Å²) in [5, 5.41) is 14.8. The minimum atomic E-state index is -1.23. The van der Waals surface area contributed by atoms with Crippen LogP contribution >= 0.6 is 11.3 Å². The van der Waals surface area contributed by atoms with E-state index in [1.54, 1.807) is 19.9 Å². The summed E-state index contributed by atoms with van der Waals surface area (Å²) >= 11 is 1.04. The predicted molar refractivity (Wildman–Crippen MR) is 95.0 cm³/mol. The lowest BCUT2D eigenvalue weighted by molar-refractivity contribution is -0.254. The van der Waals surface area contributed by atoms with Gasteiger partial charge >= 0.3 is 0 Å². The molecule has 2 rings (SSSR count). The second-order valence-electron chi connectivity index (χ2n) is 5.58. The zero-order chi connectivity index (χ0) is 18.6. The van der Waals surface area contributed by atoms with E-state index in [1.807, 2.05) is 32.0 Å². The maximum Gasteiger partial charge on any atom is 0.280 e. The molecule has 2 aromatic rings. The summed E-state index contributed by atoms with van der Waals surface area (Å²) in [6.45, 7) is 7.23. The third-order valence-electron chi connectivity index (χ3n) is 3.73. The van der Waals surface area contributed by atoms with Crippen molar-refractivity contribution in [2.45, 2.75) is 33.8 Å². The van der Waals surface area contributed by atoms with E-state index in [0.29, 0.717) is 16.3 Å². The van der Waals surface area contributed by atoms with E-state index in [-0.39, 0.29) is 4.88 Å². The largest absolute Gasteiger partial charge is 0.544 e. The molecule has 0 fully saturated rings. The van der Waals surface area contributed by atoms with E-state index in [2.05, 4.69) is 10.5 Å². The predicted octanol–water partition coefficient (Wildman–Crippen LogP) is 2.04. The number of hydrazone groups is 1. The van der Waals surface area contributed by atoms with Crippen LogP contribution in [-0.2, 0) is 4.79 Å². The molecule has 0 aliphatic rings. The number of aryl methyl sites for hydroxylation is 1. The van der Waals surface area contributed by atoms with Crippen molar-refractivity contribution >= 4 is 28.9 Å². The van der Waals surface area contributed by atoms with E-state index in [1.165, 1.54) is 6.07 Å². The molecule has 1 heterocycles. The molecule has 0 bridgehead atoms. The summed E-state index contributed by atoms with van der Waals surface area (Å²) in [6.07, 6.45) is -0.723. The van der Waals surface area contributed by atoms with Gasteiger partial charge in [-0.1, -0.05) is 12.1 Å². The van der Waals surface area contributed by atoms with Crippen molar-refractivity contribution in [1.29, 1.82) is 0 Å². The van der Waals surface area contributed by atoms with Crippen LogP contribution in [-0.4, -0.2) is 23.7 Å². The number of ether oxygens (including phenoxy) is 1. The molecule has 0 saturated heterocycles. The van der Waals surface area contributed by atoms with E-state index in [9.17, 15) is 14.7 Å². The SMILES string of the molecule is C/C(=N/NC(=O)[C@H](C)Oc1cccc(C)c1C)c1ccc(C(=O)[O-])s1. The zero-order valence-electron chi connectivity index (χ0n) is 14.5. The smallest absolute Gasteiger partial charge is 0.280 e. The Bertz CT molecular complexity index is 826. The molecule has 6 nitrogen and oxygen atoms in total. The molecule has 0 aliphatic heterocycles. The van der Waals surface area contributed by atoms with Gasteiger partial charge in [0.05, 0.1) is 21.4 Å². The minimum Gasteiger partial charge on any atom is -0.544 e. The summed E-state index contributed by atoms with van der Waals surface area (Å²) in [5.41, 5.74) is 5.01. The molecule has 7 heteroatoms. The summed E-state index contributed by atoms with van der Waals surface area (Å²) < 4.78 is 5.70. The summed E-state index contributed by atoms with van der Waals surface area (Å²) in [6, 6.07) is 8.73. The lowest BCUT2D eigenvalue weighted by atomic mass is 10.1. The van der Waals surface area contributed by atoms with Gasteiger partial charge in [-0.25, -0.2) is 5.43 Å². The summed E-state index contributed by atoms with van der Waals surface area (Å²) in [7, 11) is 0. The molecule has 0 spiro atoms. The van der Waals surface area contributed by atoms with Gasteiger partial charge in [-0.2, -0.15) is 5.10 Å². The second kappa shape index (κ2) is 7.94. The van der Waals surface area contributed by atoms with Gasteiger partial charge in [-0.05, 0) is 57.0 Å². The number of amides is 1. The highest BCUT2D eigenvalue weighted by molar-refractivity contribution is 7.15. The fourth-order valence-electron chi connectivity index (χ4n) is 2.02. The topological polar surface area (TPSA) is 90.8 Å². The van der Waals surface area contributed by atoms with Gasteiger partial charge in [0.1, 0.15) is 5.75 Å². The standard InChI is InChI=1S/C18H20N2O4S/c1-10-6-5-7-14(11(10)2)24-13(4)17(21)20-19-12(3)15-8-9-16(25-15)18(22)23/h5-9,13H,1-4H3,(H,20,21)(H,22,23)/p-1/b19-12-/t13-/m0/s1. The Morgan fingerprint density at radius 2 is 1.88 bits per heavy atom. The van der Waals surface area contributed by atoms with Crippen molar-refractivity contribution in [1.82, 2.24) is 5.43 Å². The average Bonchev–Trinajstić information content (AvgIpc) is 3.06. The Labute approximate surface area is 150 Å². The highest BCUT2D eigenvalue weighted by atomic mass is 32.1. The first-order chi connectivity index (χ1) is 11.8. The van der Waals surface area contributed by atoms with Crippen LogP contribution in [0.15, 0.2) is 35.4 Å². The zero-order valence-corrected chi connectivity index (χ0v) is 15.3. The van der Waals surface area contributed by atoms with E-state index in [0.717, 1.165) is 22.5 Å². The number of carbonyl (C=O) groups is 2. The van der Waals surface area contributed by atoms with Gasteiger partial charge in [-0.15, -0.1) is 11.3 Å². The van der Waals surface area contributed by atoms with E-state index < -0.39 is 18.0 Å². The summed E-state index contributed by atoms with van der Waals surface area (Å²) in [5.74, 6) is -0.972. The molecule has 1 atom stereocenters. The monoisotopic (exact) mass is 359 g/mol. The Hall–Kier alpha value is -2.67. The van der Waals surface area contributed by atoms with Crippen LogP contribution in [0.3, 0.4) is 0 Å². The molecule has 1 N–H and O–H groups in total. The molecule has 1 aromatic heterocycles. The quantitative estimate of drug-likeness (QED) is 0.631. The first kappa shape index (κ1) is 18.7. The fraction of sp³-hybridized carbons (Fsp3) is 0.278. The van der Waals surface area contributed by atoms with Crippen LogP contribution in [0.4, 0.5) is 0 Å². The lowest BCUT2D eigenvalue weighted by Gasteiger charge is -2.16. The van der Waals surface area contributed by atoms with Crippen molar-refractivity contribution in [3.8, 4) is 5.75 Å². The van der Waals surface area contributed by atoms with Gasteiger partial charge in [0, 0.05) is 0 Å². The number of thiophene rings is 1. The summed E-state index contributed by atoms with van der Waals surface area (Å²) in [4.78, 5) is 23.7. The average molecular weight is 359 g/mol. The number of carbonyl (C=O) groups excluding carboxylic acids is 2. The van der Waals surface area contributed by atoms with Gasteiger partial charge in [-0.3, -0.25) is 4.79 Å². The first-order valence-electron chi connectivity index (χ1n) is 7.68. The number of nitrogens with one attached hydrogen (secondary N) is 1. The molecular weight excluding hydrogens is 340 g/mol. The number of carboxylic acid groups (broad SMARTS) is 1. The van der Waals surface area contributed by atoms with Crippen molar-refractivity contribution in [2.24, 2.45) is 5.10 Å². The van der Waals surface area contributed by atoms with E-state index in [4.69, 9.17) is 4.74 Å². The molecule has 25 heavy (non-hydrogen) atoms. The number of nitrogens with zero attached hydrogens (tertiary/aromatic N) is 1. The molecule has 132 valence electrons. The van der Waals surface area contributed by atoms with Gasteiger partial charge in [0.25, 0.3) is 5.91 Å². The fourth-order valence-corrected chi connectivity index (χ4v) is 2.81. The van der Waals surface area contributed by atoms with Crippen LogP contribution in [0.2, 0.25) is 0 Å². The minimum absolute atomic E-state index is 0.113. The molecule has 0 aliphatic carbocycles. The Balaban J connectivity index is 2.00. The number of hydrogen-bond donors (Lipinski definition) is 1. The molecular formula is C18H19N2O4S-. The number of aromatic carboxylic acids is 1. The van der Waals surface area contributed by atoms with Gasteiger partial charge < -0.3 is 14.6 Å². The molecule has 1 aromatic carbocycles. The van der Waals surface area contributed by atoms with Crippen LogP contribution in [0.25, 0.3) is 0 Å².